The number of hydrogen-bond donors (Lipinski definition) is 1. The van der Waals surface area contributed by atoms with Crippen LogP contribution in [0.4, 0.5) is 0 Å². The summed E-state index contributed by atoms with van der Waals surface area (Å²) < 4.78 is 16.0. The van der Waals surface area contributed by atoms with Crippen molar-refractivity contribution >= 4 is 28.0 Å². The third-order valence-electron chi connectivity index (χ3n) is 4.47. The lowest BCUT2D eigenvalue weighted by molar-refractivity contribution is 0.103. The summed E-state index contributed by atoms with van der Waals surface area (Å²) in [6.45, 7) is 0. The first-order valence-corrected chi connectivity index (χ1v) is 9.40. The number of ketones is 1. The normalized spacial score (nSPS) is 10.8. The fourth-order valence-electron chi connectivity index (χ4n) is 3.05. The molecule has 0 unspecified atom stereocenters. The summed E-state index contributed by atoms with van der Waals surface area (Å²) in [6.07, 6.45) is 1.90. The van der Waals surface area contributed by atoms with Crippen molar-refractivity contribution in [1.82, 2.24) is 9.97 Å². The van der Waals surface area contributed by atoms with Crippen LogP contribution < -0.4 is 14.2 Å². The lowest BCUT2D eigenvalue weighted by atomic mass is 10.1. The van der Waals surface area contributed by atoms with Crippen molar-refractivity contribution in [3.8, 4) is 27.8 Å². The standard InChI is InChI=1S/C21H18N2O4S/c1-25-17-9-14(10-18(26-2)20(17)27-3)19(24)16-11-28-21(23-16)13-5-4-12-6-7-22-15(12)8-13/h4-11,22H,1-3H3. The molecule has 28 heavy (non-hydrogen) atoms. The number of carbonyl (C=O) groups is 1. The maximum Gasteiger partial charge on any atom is 0.212 e. The quantitative estimate of drug-likeness (QED) is 0.486. The van der Waals surface area contributed by atoms with Crippen LogP contribution in [-0.2, 0) is 0 Å². The molecule has 0 atom stereocenters. The van der Waals surface area contributed by atoms with Gasteiger partial charge in [-0.2, -0.15) is 0 Å². The summed E-state index contributed by atoms with van der Waals surface area (Å²) in [5.74, 6) is 1.10. The van der Waals surface area contributed by atoms with E-state index in [-0.39, 0.29) is 5.78 Å². The van der Waals surface area contributed by atoms with Gasteiger partial charge in [-0.25, -0.2) is 4.98 Å². The van der Waals surface area contributed by atoms with Gasteiger partial charge in [0.15, 0.2) is 11.5 Å². The average molecular weight is 394 g/mol. The molecule has 142 valence electrons. The van der Waals surface area contributed by atoms with Gasteiger partial charge in [0, 0.05) is 28.2 Å². The number of thiazole rings is 1. The van der Waals surface area contributed by atoms with Crippen molar-refractivity contribution in [3.05, 3.63) is 59.2 Å². The highest BCUT2D eigenvalue weighted by Gasteiger charge is 2.20. The van der Waals surface area contributed by atoms with Crippen molar-refractivity contribution in [1.29, 1.82) is 0 Å². The van der Waals surface area contributed by atoms with E-state index in [2.05, 4.69) is 9.97 Å². The molecule has 2 aromatic heterocycles. The zero-order valence-electron chi connectivity index (χ0n) is 15.6. The fourth-order valence-corrected chi connectivity index (χ4v) is 3.85. The molecule has 0 aliphatic rings. The maximum absolute atomic E-state index is 13.0. The van der Waals surface area contributed by atoms with E-state index in [1.165, 1.54) is 32.7 Å². The number of H-pyrrole nitrogens is 1. The van der Waals surface area contributed by atoms with Gasteiger partial charge < -0.3 is 19.2 Å². The van der Waals surface area contributed by atoms with Crippen molar-refractivity contribution in [2.45, 2.75) is 0 Å². The molecule has 6 nitrogen and oxygen atoms in total. The molecule has 0 amide bonds. The lowest BCUT2D eigenvalue weighted by Crippen LogP contribution is -2.04. The number of rotatable bonds is 6. The summed E-state index contributed by atoms with van der Waals surface area (Å²) in [7, 11) is 4.56. The minimum atomic E-state index is -0.206. The number of benzene rings is 2. The lowest BCUT2D eigenvalue weighted by Gasteiger charge is -2.13. The van der Waals surface area contributed by atoms with E-state index < -0.39 is 0 Å². The Morgan fingerprint density at radius 2 is 1.75 bits per heavy atom. The highest BCUT2D eigenvalue weighted by Crippen LogP contribution is 2.39. The molecule has 0 aliphatic carbocycles. The minimum Gasteiger partial charge on any atom is -0.493 e. The Bertz CT molecular complexity index is 1140. The molecule has 0 fully saturated rings. The van der Waals surface area contributed by atoms with Gasteiger partial charge in [0.1, 0.15) is 10.7 Å². The number of aromatic nitrogens is 2. The first-order chi connectivity index (χ1) is 13.6. The van der Waals surface area contributed by atoms with Crippen LogP contribution in [0.2, 0.25) is 0 Å². The minimum absolute atomic E-state index is 0.206. The number of nitrogens with zero attached hydrogens (tertiary/aromatic N) is 1. The Balaban J connectivity index is 1.69. The highest BCUT2D eigenvalue weighted by molar-refractivity contribution is 7.13. The Hall–Kier alpha value is -3.32. The number of methoxy groups -OCH3 is 3. The Labute approximate surface area is 165 Å². The summed E-state index contributed by atoms with van der Waals surface area (Å²) in [5, 5.41) is 3.68. The van der Waals surface area contributed by atoms with E-state index in [1.54, 1.807) is 17.5 Å². The fraction of sp³-hybridized carbons (Fsp3) is 0.143. The molecule has 0 saturated heterocycles. The smallest absolute Gasteiger partial charge is 0.212 e. The molecule has 0 bridgehead atoms. The second kappa shape index (κ2) is 7.36. The van der Waals surface area contributed by atoms with E-state index in [0.717, 1.165) is 21.5 Å². The van der Waals surface area contributed by atoms with Gasteiger partial charge in [-0.15, -0.1) is 11.3 Å². The van der Waals surface area contributed by atoms with Gasteiger partial charge in [-0.3, -0.25) is 4.79 Å². The third kappa shape index (κ3) is 3.10. The summed E-state index contributed by atoms with van der Waals surface area (Å²) in [4.78, 5) is 20.7. The van der Waals surface area contributed by atoms with Gasteiger partial charge >= 0.3 is 0 Å². The van der Waals surface area contributed by atoms with E-state index >= 15 is 0 Å². The number of nitrogens with one attached hydrogen (secondary N) is 1. The van der Waals surface area contributed by atoms with Crippen LogP contribution in [-0.4, -0.2) is 37.1 Å². The SMILES string of the molecule is COc1cc(C(=O)c2csc(-c3ccc4cc[nH]c4c3)n2)cc(OC)c1OC. The number of fused-ring (bicyclic) bond motifs is 1. The van der Waals surface area contributed by atoms with Gasteiger partial charge in [-0.05, 0) is 29.7 Å². The summed E-state index contributed by atoms with van der Waals surface area (Å²) in [5.41, 5.74) is 2.79. The molecule has 0 radical (unpaired) electrons. The number of hydrogen-bond acceptors (Lipinski definition) is 6. The van der Waals surface area contributed by atoms with Crippen LogP contribution >= 0.6 is 11.3 Å². The summed E-state index contributed by atoms with van der Waals surface area (Å²) in [6, 6.07) is 11.3. The van der Waals surface area contributed by atoms with Gasteiger partial charge in [0.2, 0.25) is 11.5 Å². The Morgan fingerprint density at radius 3 is 2.43 bits per heavy atom. The average Bonchev–Trinajstić information content (AvgIpc) is 3.40. The molecule has 0 saturated carbocycles. The summed E-state index contributed by atoms with van der Waals surface area (Å²) >= 11 is 1.43. The van der Waals surface area contributed by atoms with Crippen molar-refractivity contribution < 1.29 is 19.0 Å². The van der Waals surface area contributed by atoms with Crippen molar-refractivity contribution in [2.75, 3.05) is 21.3 Å². The predicted molar refractivity (Wildman–Crippen MR) is 109 cm³/mol. The maximum atomic E-state index is 13.0. The first kappa shape index (κ1) is 18.1. The second-order valence-corrected chi connectivity index (χ2v) is 6.92. The molecule has 7 heteroatoms. The molecular formula is C21H18N2O4S. The van der Waals surface area contributed by atoms with E-state index in [0.29, 0.717) is 28.5 Å². The molecule has 4 rings (SSSR count). The Morgan fingerprint density at radius 1 is 1.00 bits per heavy atom. The molecule has 4 aromatic rings. The highest BCUT2D eigenvalue weighted by atomic mass is 32.1. The third-order valence-corrected chi connectivity index (χ3v) is 5.36. The molecule has 1 N–H and O–H groups in total. The molecule has 0 spiro atoms. The van der Waals surface area contributed by atoms with E-state index in [1.807, 2.05) is 30.5 Å². The monoisotopic (exact) mass is 394 g/mol. The van der Waals surface area contributed by atoms with Crippen LogP contribution in [0.1, 0.15) is 16.1 Å². The van der Waals surface area contributed by atoms with Crippen molar-refractivity contribution in [2.24, 2.45) is 0 Å². The van der Waals surface area contributed by atoms with Crippen LogP contribution in [0, 0.1) is 0 Å². The molecule has 0 aliphatic heterocycles. The van der Waals surface area contributed by atoms with Gasteiger partial charge in [0.05, 0.1) is 21.3 Å². The van der Waals surface area contributed by atoms with Gasteiger partial charge in [-0.1, -0.05) is 12.1 Å². The topological polar surface area (TPSA) is 73.4 Å². The zero-order valence-corrected chi connectivity index (χ0v) is 16.4. The van der Waals surface area contributed by atoms with Gasteiger partial charge in [0.25, 0.3) is 0 Å². The van der Waals surface area contributed by atoms with Crippen LogP contribution in [0.3, 0.4) is 0 Å². The molecule has 2 heterocycles. The second-order valence-electron chi connectivity index (χ2n) is 6.06. The number of aromatic amines is 1. The van der Waals surface area contributed by atoms with E-state index in [9.17, 15) is 4.79 Å². The predicted octanol–water partition coefficient (Wildman–Crippen LogP) is 4.55. The first-order valence-electron chi connectivity index (χ1n) is 8.52. The molecular weight excluding hydrogens is 376 g/mol. The van der Waals surface area contributed by atoms with Crippen LogP contribution in [0.5, 0.6) is 17.2 Å². The Kier molecular flexibility index (Phi) is 4.75. The molecule has 2 aromatic carbocycles. The number of carbonyl (C=O) groups excluding carboxylic acids is 1. The largest absolute Gasteiger partial charge is 0.493 e. The zero-order chi connectivity index (χ0) is 19.7. The van der Waals surface area contributed by atoms with Crippen LogP contribution in [0.25, 0.3) is 21.5 Å². The van der Waals surface area contributed by atoms with Crippen LogP contribution in [0.15, 0.2) is 48.0 Å². The number of ether oxygens (including phenoxy) is 3. The van der Waals surface area contributed by atoms with Crippen molar-refractivity contribution in [3.63, 3.8) is 0 Å². The van der Waals surface area contributed by atoms with E-state index in [4.69, 9.17) is 14.2 Å².